The molecule has 17 heavy (non-hydrogen) atoms. The summed E-state index contributed by atoms with van der Waals surface area (Å²) in [5.74, 6) is 0. The molecule has 0 spiro atoms. The van der Waals surface area contributed by atoms with Crippen molar-refractivity contribution in [2.24, 2.45) is 0 Å². The van der Waals surface area contributed by atoms with E-state index in [-0.39, 0.29) is 19.0 Å². The summed E-state index contributed by atoms with van der Waals surface area (Å²) in [6.45, 7) is 2.76. The van der Waals surface area contributed by atoms with Gasteiger partial charge in [0.2, 0.25) is 0 Å². The van der Waals surface area contributed by atoms with Crippen LogP contribution in [-0.4, -0.2) is 49.7 Å². The van der Waals surface area contributed by atoms with Gasteiger partial charge < -0.3 is 24.1 Å². The van der Waals surface area contributed by atoms with Crippen LogP contribution in [0.1, 0.15) is 32.6 Å². The molecule has 4 unspecified atom stereocenters. The Morgan fingerprint density at radius 1 is 1.29 bits per heavy atom. The molecule has 4 atom stereocenters. The van der Waals surface area contributed by atoms with Crippen molar-refractivity contribution < 1.29 is 24.1 Å². The number of hydrogen-bond donors (Lipinski definition) is 1. The molecule has 5 heteroatoms. The van der Waals surface area contributed by atoms with Gasteiger partial charge in [0, 0.05) is 20.1 Å². The number of methoxy groups -OCH3 is 1. The maximum atomic E-state index is 9.99. The van der Waals surface area contributed by atoms with E-state index in [4.69, 9.17) is 18.9 Å². The molecular weight excluding hydrogens is 224 g/mol. The van der Waals surface area contributed by atoms with Gasteiger partial charge in [-0.1, -0.05) is 0 Å². The van der Waals surface area contributed by atoms with Crippen molar-refractivity contribution in [3.63, 3.8) is 0 Å². The van der Waals surface area contributed by atoms with Crippen LogP contribution in [0.25, 0.3) is 0 Å². The minimum Gasteiger partial charge on any atom is -0.388 e. The summed E-state index contributed by atoms with van der Waals surface area (Å²) in [6, 6.07) is 0. The standard InChI is InChI=1S/C12H22O5/c1-12(13)7-9(11(14-2)16-8-12)17-10-5-3-4-6-15-10/h9-11,13H,3-8H2,1-2H3. The maximum Gasteiger partial charge on any atom is 0.183 e. The van der Waals surface area contributed by atoms with E-state index in [2.05, 4.69) is 0 Å². The highest BCUT2D eigenvalue weighted by Crippen LogP contribution is 2.28. The van der Waals surface area contributed by atoms with E-state index in [0.717, 1.165) is 25.9 Å². The van der Waals surface area contributed by atoms with Gasteiger partial charge in [-0.15, -0.1) is 0 Å². The van der Waals surface area contributed by atoms with Crippen molar-refractivity contribution in [3.8, 4) is 0 Å². The average molecular weight is 246 g/mol. The summed E-state index contributed by atoms with van der Waals surface area (Å²) in [6.07, 6.45) is 2.73. The highest BCUT2D eigenvalue weighted by Gasteiger charge is 2.39. The SMILES string of the molecule is COC1OCC(C)(O)CC1OC1CCCCO1. The second kappa shape index (κ2) is 5.63. The third-order valence-electron chi connectivity index (χ3n) is 3.20. The van der Waals surface area contributed by atoms with Crippen LogP contribution in [0.15, 0.2) is 0 Å². The lowest BCUT2D eigenvalue weighted by Gasteiger charge is -2.40. The van der Waals surface area contributed by atoms with E-state index in [9.17, 15) is 5.11 Å². The number of aliphatic hydroxyl groups is 1. The van der Waals surface area contributed by atoms with Gasteiger partial charge in [0.05, 0.1) is 12.2 Å². The molecule has 2 heterocycles. The molecule has 2 rings (SSSR count). The van der Waals surface area contributed by atoms with Crippen LogP contribution in [0.4, 0.5) is 0 Å². The van der Waals surface area contributed by atoms with Crippen molar-refractivity contribution in [1.29, 1.82) is 0 Å². The van der Waals surface area contributed by atoms with Crippen LogP contribution in [0, 0.1) is 0 Å². The zero-order valence-electron chi connectivity index (χ0n) is 10.6. The molecule has 0 aromatic heterocycles. The van der Waals surface area contributed by atoms with Gasteiger partial charge >= 0.3 is 0 Å². The molecular formula is C12H22O5. The van der Waals surface area contributed by atoms with Crippen LogP contribution in [0.2, 0.25) is 0 Å². The maximum absolute atomic E-state index is 9.99. The Morgan fingerprint density at radius 2 is 2.12 bits per heavy atom. The molecule has 0 aromatic rings. The first-order chi connectivity index (χ1) is 8.11. The third-order valence-corrected chi connectivity index (χ3v) is 3.20. The van der Waals surface area contributed by atoms with Gasteiger partial charge in [-0.2, -0.15) is 0 Å². The molecule has 100 valence electrons. The predicted octanol–water partition coefficient (Wildman–Crippen LogP) is 1.04. The quantitative estimate of drug-likeness (QED) is 0.806. The normalized spacial score (nSPS) is 43.6. The van der Waals surface area contributed by atoms with Gasteiger partial charge in [0.1, 0.15) is 6.10 Å². The van der Waals surface area contributed by atoms with Crippen LogP contribution in [0.3, 0.4) is 0 Å². The lowest BCUT2D eigenvalue weighted by molar-refractivity contribution is -0.296. The smallest absolute Gasteiger partial charge is 0.183 e. The zero-order chi connectivity index (χ0) is 12.3. The summed E-state index contributed by atoms with van der Waals surface area (Å²) in [5, 5.41) is 9.99. The first-order valence-corrected chi connectivity index (χ1v) is 6.24. The average Bonchev–Trinajstić information content (AvgIpc) is 2.30. The molecule has 0 bridgehead atoms. The predicted molar refractivity (Wildman–Crippen MR) is 60.5 cm³/mol. The number of rotatable bonds is 3. The second-order valence-electron chi connectivity index (χ2n) is 5.09. The van der Waals surface area contributed by atoms with E-state index in [1.807, 2.05) is 0 Å². The topological polar surface area (TPSA) is 57.2 Å². The van der Waals surface area contributed by atoms with Crippen molar-refractivity contribution in [1.82, 2.24) is 0 Å². The van der Waals surface area contributed by atoms with Crippen molar-refractivity contribution in [2.75, 3.05) is 20.3 Å². The monoisotopic (exact) mass is 246 g/mol. The number of ether oxygens (including phenoxy) is 4. The van der Waals surface area contributed by atoms with Crippen LogP contribution in [0.5, 0.6) is 0 Å². The Balaban J connectivity index is 1.90. The molecule has 1 N–H and O–H groups in total. The molecule has 5 nitrogen and oxygen atoms in total. The fourth-order valence-electron chi connectivity index (χ4n) is 2.30. The minimum absolute atomic E-state index is 0.191. The summed E-state index contributed by atoms with van der Waals surface area (Å²) < 4.78 is 22.0. The molecule has 0 aromatic carbocycles. The van der Waals surface area contributed by atoms with Crippen molar-refractivity contribution in [3.05, 3.63) is 0 Å². The molecule has 0 amide bonds. The first-order valence-electron chi connectivity index (χ1n) is 6.24. The lowest BCUT2D eigenvalue weighted by Crippen LogP contribution is -2.51. The fourth-order valence-corrected chi connectivity index (χ4v) is 2.30. The van der Waals surface area contributed by atoms with Gasteiger partial charge in [-0.25, -0.2) is 0 Å². The lowest BCUT2D eigenvalue weighted by atomic mass is 9.96. The molecule has 0 aliphatic carbocycles. The van der Waals surface area contributed by atoms with Gasteiger partial charge in [0.25, 0.3) is 0 Å². The molecule has 2 aliphatic rings. The van der Waals surface area contributed by atoms with Crippen LogP contribution >= 0.6 is 0 Å². The van der Waals surface area contributed by atoms with E-state index < -0.39 is 11.9 Å². The Labute approximate surface area is 102 Å². The summed E-state index contributed by atoms with van der Waals surface area (Å²) in [5.41, 5.74) is -0.853. The van der Waals surface area contributed by atoms with Crippen molar-refractivity contribution in [2.45, 2.75) is 56.9 Å². The Hall–Kier alpha value is -0.200. The van der Waals surface area contributed by atoms with Gasteiger partial charge in [0.15, 0.2) is 12.6 Å². The minimum atomic E-state index is -0.853. The molecule has 2 aliphatic heterocycles. The summed E-state index contributed by atoms with van der Waals surface area (Å²) in [4.78, 5) is 0. The summed E-state index contributed by atoms with van der Waals surface area (Å²) >= 11 is 0. The highest BCUT2D eigenvalue weighted by atomic mass is 16.7. The van der Waals surface area contributed by atoms with E-state index in [1.54, 1.807) is 14.0 Å². The van der Waals surface area contributed by atoms with Gasteiger partial charge in [-0.05, 0) is 26.2 Å². The zero-order valence-corrected chi connectivity index (χ0v) is 10.6. The third kappa shape index (κ3) is 3.63. The first kappa shape index (κ1) is 13.2. The van der Waals surface area contributed by atoms with Gasteiger partial charge in [-0.3, -0.25) is 0 Å². The summed E-state index contributed by atoms with van der Waals surface area (Å²) in [7, 11) is 1.59. The Bertz CT molecular complexity index is 237. The molecule has 0 saturated carbocycles. The van der Waals surface area contributed by atoms with Crippen LogP contribution in [-0.2, 0) is 18.9 Å². The second-order valence-corrected chi connectivity index (χ2v) is 5.09. The van der Waals surface area contributed by atoms with E-state index in [1.165, 1.54) is 0 Å². The number of hydrogen-bond acceptors (Lipinski definition) is 5. The molecule has 2 saturated heterocycles. The largest absolute Gasteiger partial charge is 0.388 e. The fraction of sp³-hybridized carbons (Fsp3) is 1.00. The highest BCUT2D eigenvalue weighted by molar-refractivity contribution is 4.84. The Kier molecular flexibility index (Phi) is 4.38. The van der Waals surface area contributed by atoms with Crippen LogP contribution < -0.4 is 0 Å². The van der Waals surface area contributed by atoms with Crippen molar-refractivity contribution >= 4 is 0 Å². The molecule has 2 fully saturated rings. The molecule has 0 radical (unpaired) electrons. The van der Waals surface area contributed by atoms with E-state index >= 15 is 0 Å². The van der Waals surface area contributed by atoms with E-state index in [0.29, 0.717) is 6.42 Å². The Morgan fingerprint density at radius 3 is 2.76 bits per heavy atom.